The average molecular weight is 422 g/mol. The van der Waals surface area contributed by atoms with Crippen LogP contribution in [0, 0.1) is 9.49 Å². The number of halogens is 1. The van der Waals surface area contributed by atoms with E-state index in [1.165, 1.54) is 17.4 Å². The van der Waals surface area contributed by atoms with Crippen molar-refractivity contribution in [1.82, 2.24) is 0 Å². The van der Waals surface area contributed by atoms with E-state index >= 15 is 0 Å². The second-order valence-electron chi connectivity index (χ2n) is 4.37. The Kier molecular flexibility index (Phi) is 10.2. The first kappa shape index (κ1) is 20.4. The van der Waals surface area contributed by atoms with Gasteiger partial charge in [0.25, 0.3) is 0 Å². The van der Waals surface area contributed by atoms with Crippen molar-refractivity contribution in [2.75, 3.05) is 6.61 Å². The Balaban J connectivity index is 0.000000518. The van der Waals surface area contributed by atoms with E-state index in [2.05, 4.69) is 39.5 Å². The van der Waals surface area contributed by atoms with E-state index in [9.17, 15) is 14.4 Å². The molecular formula is C15H19IO6. The Bertz CT molecular complexity index is 488. The zero-order chi connectivity index (χ0) is 17.1. The van der Waals surface area contributed by atoms with Crippen LogP contribution in [0.4, 0.5) is 0 Å². The molecule has 7 heteroatoms. The molecule has 2 atom stereocenters. The van der Waals surface area contributed by atoms with Gasteiger partial charge in [-0.1, -0.05) is 18.2 Å². The summed E-state index contributed by atoms with van der Waals surface area (Å²) in [6, 6.07) is 10.2. The minimum atomic E-state index is -1.12. The highest BCUT2D eigenvalue weighted by Gasteiger charge is 2.27. The summed E-state index contributed by atoms with van der Waals surface area (Å²) in [4.78, 5) is 31.8. The fraction of sp³-hybridized carbons (Fsp3) is 0.400. The molecule has 0 amide bonds. The van der Waals surface area contributed by atoms with Gasteiger partial charge in [0.2, 0.25) is 0 Å². The smallest absolute Gasteiger partial charge is 0.310 e. The number of aliphatic carboxylic acids is 1. The highest BCUT2D eigenvalue weighted by Crippen LogP contribution is 2.09. The summed E-state index contributed by atoms with van der Waals surface area (Å²) in [5, 5.41) is 8.70. The van der Waals surface area contributed by atoms with Crippen LogP contribution < -0.4 is 0 Å². The van der Waals surface area contributed by atoms with Crippen LogP contribution in [0.3, 0.4) is 0 Å². The summed E-state index contributed by atoms with van der Waals surface area (Å²) >= 11 is 2.28. The van der Waals surface area contributed by atoms with Crippen LogP contribution in [-0.4, -0.2) is 35.7 Å². The summed E-state index contributed by atoms with van der Waals surface area (Å²) < 4.78 is 10.6. The fourth-order valence-corrected chi connectivity index (χ4v) is 1.68. The third kappa shape index (κ3) is 10.1. The number of carboxylic acids is 1. The Morgan fingerprint density at radius 2 is 1.68 bits per heavy atom. The molecule has 0 heterocycles. The van der Waals surface area contributed by atoms with E-state index in [1.807, 2.05) is 18.2 Å². The lowest BCUT2D eigenvalue weighted by Crippen LogP contribution is -2.34. The van der Waals surface area contributed by atoms with Gasteiger partial charge >= 0.3 is 17.9 Å². The first-order valence-corrected chi connectivity index (χ1v) is 7.55. The number of esters is 2. The number of hydrogen-bond donors (Lipinski definition) is 1. The molecule has 0 saturated carbocycles. The Morgan fingerprint density at radius 3 is 2.00 bits per heavy atom. The molecular weight excluding hydrogens is 403 g/mol. The minimum Gasteiger partial charge on any atom is -0.481 e. The quantitative estimate of drug-likeness (QED) is 0.580. The maximum Gasteiger partial charge on any atom is 0.310 e. The van der Waals surface area contributed by atoms with Gasteiger partial charge in [-0.25, -0.2) is 0 Å². The lowest BCUT2D eigenvalue weighted by Gasteiger charge is -2.19. The predicted molar refractivity (Wildman–Crippen MR) is 88.1 cm³/mol. The molecule has 0 aliphatic rings. The van der Waals surface area contributed by atoms with Crippen molar-refractivity contribution in [3.8, 4) is 0 Å². The van der Waals surface area contributed by atoms with E-state index < -0.39 is 29.9 Å². The van der Waals surface area contributed by atoms with Crippen LogP contribution >= 0.6 is 22.6 Å². The SMILES string of the molecule is CC(=O)OCC(OC(C)=O)C(C)C(=O)O.Ic1ccccc1. The average Bonchev–Trinajstić information content (AvgIpc) is 2.43. The van der Waals surface area contributed by atoms with Crippen molar-refractivity contribution >= 4 is 40.5 Å². The molecule has 1 N–H and O–H groups in total. The molecule has 0 fully saturated rings. The van der Waals surface area contributed by atoms with Gasteiger partial charge in [-0.3, -0.25) is 14.4 Å². The molecule has 1 aromatic carbocycles. The summed E-state index contributed by atoms with van der Waals surface area (Å²) in [5.74, 6) is -3.20. The van der Waals surface area contributed by atoms with Crippen LogP contribution in [0.2, 0.25) is 0 Å². The Hall–Kier alpha value is -1.64. The monoisotopic (exact) mass is 422 g/mol. The molecule has 0 radical (unpaired) electrons. The maximum atomic E-state index is 10.7. The standard InChI is InChI=1S/C9H14O6.C6H5I/c1-5(9(12)13)8(15-7(3)11)4-14-6(2)10;7-6-4-2-1-3-5-6/h5,8H,4H2,1-3H3,(H,12,13);1-5H. The van der Waals surface area contributed by atoms with E-state index in [1.54, 1.807) is 0 Å². The topological polar surface area (TPSA) is 89.9 Å². The maximum absolute atomic E-state index is 10.7. The minimum absolute atomic E-state index is 0.248. The van der Waals surface area contributed by atoms with Crippen LogP contribution in [0.5, 0.6) is 0 Å². The van der Waals surface area contributed by atoms with E-state index in [0.29, 0.717) is 0 Å². The molecule has 0 bridgehead atoms. The van der Waals surface area contributed by atoms with Crippen molar-refractivity contribution in [2.45, 2.75) is 26.9 Å². The molecule has 0 spiro atoms. The number of rotatable bonds is 5. The fourth-order valence-electron chi connectivity index (χ4n) is 1.27. The highest BCUT2D eigenvalue weighted by molar-refractivity contribution is 14.1. The molecule has 0 saturated heterocycles. The molecule has 2 unspecified atom stereocenters. The molecule has 0 aromatic heterocycles. The zero-order valence-corrected chi connectivity index (χ0v) is 14.8. The van der Waals surface area contributed by atoms with Gasteiger partial charge in [0.05, 0.1) is 5.92 Å². The first-order valence-electron chi connectivity index (χ1n) is 6.48. The molecule has 0 aliphatic carbocycles. The molecule has 22 heavy (non-hydrogen) atoms. The van der Waals surface area contributed by atoms with Crippen molar-refractivity contribution in [2.24, 2.45) is 5.92 Å². The summed E-state index contributed by atoms with van der Waals surface area (Å²) in [6.07, 6.45) is -0.955. The van der Waals surface area contributed by atoms with Gasteiger partial charge < -0.3 is 14.6 Å². The summed E-state index contributed by atoms with van der Waals surface area (Å²) in [7, 11) is 0. The molecule has 0 aliphatic heterocycles. The van der Waals surface area contributed by atoms with E-state index in [4.69, 9.17) is 9.84 Å². The van der Waals surface area contributed by atoms with E-state index in [0.717, 1.165) is 6.92 Å². The first-order chi connectivity index (χ1) is 10.2. The van der Waals surface area contributed by atoms with Crippen LogP contribution in [0.25, 0.3) is 0 Å². The van der Waals surface area contributed by atoms with Gasteiger partial charge in [-0.15, -0.1) is 0 Å². The third-order valence-corrected chi connectivity index (χ3v) is 3.17. The van der Waals surface area contributed by atoms with Crippen molar-refractivity contribution in [1.29, 1.82) is 0 Å². The predicted octanol–water partition coefficient (Wildman–Crippen LogP) is 2.49. The Morgan fingerprint density at radius 1 is 1.14 bits per heavy atom. The zero-order valence-electron chi connectivity index (χ0n) is 12.6. The van der Waals surface area contributed by atoms with Gasteiger partial charge in [-0.2, -0.15) is 0 Å². The van der Waals surface area contributed by atoms with Crippen LogP contribution in [-0.2, 0) is 23.9 Å². The number of benzene rings is 1. The normalized spacial score (nSPS) is 12.2. The molecule has 6 nitrogen and oxygen atoms in total. The van der Waals surface area contributed by atoms with Gasteiger partial charge in [-0.05, 0) is 41.6 Å². The summed E-state index contributed by atoms with van der Waals surface area (Å²) in [5.41, 5.74) is 0. The van der Waals surface area contributed by atoms with Crippen LogP contribution in [0.15, 0.2) is 30.3 Å². The van der Waals surface area contributed by atoms with E-state index in [-0.39, 0.29) is 6.61 Å². The van der Waals surface area contributed by atoms with Crippen LogP contribution in [0.1, 0.15) is 20.8 Å². The van der Waals surface area contributed by atoms with Crippen molar-refractivity contribution < 1.29 is 29.0 Å². The number of carboxylic acid groups (broad SMARTS) is 1. The van der Waals surface area contributed by atoms with Crippen molar-refractivity contribution in [3.05, 3.63) is 33.9 Å². The van der Waals surface area contributed by atoms with Gasteiger partial charge in [0, 0.05) is 17.4 Å². The number of carbonyl (C=O) groups excluding carboxylic acids is 2. The van der Waals surface area contributed by atoms with Gasteiger partial charge in [0.15, 0.2) is 0 Å². The van der Waals surface area contributed by atoms with Crippen molar-refractivity contribution in [3.63, 3.8) is 0 Å². The number of hydrogen-bond acceptors (Lipinski definition) is 5. The number of carbonyl (C=O) groups is 3. The lowest BCUT2D eigenvalue weighted by molar-refractivity contribution is -0.165. The van der Waals surface area contributed by atoms with Gasteiger partial charge in [0.1, 0.15) is 12.7 Å². The molecule has 1 rings (SSSR count). The third-order valence-electron chi connectivity index (χ3n) is 2.45. The second-order valence-corrected chi connectivity index (χ2v) is 5.62. The highest BCUT2D eigenvalue weighted by atomic mass is 127. The molecule has 1 aromatic rings. The second kappa shape index (κ2) is 11.0. The largest absolute Gasteiger partial charge is 0.481 e. The number of ether oxygens (including phenoxy) is 2. The Labute approximate surface area is 142 Å². The summed E-state index contributed by atoms with van der Waals surface area (Å²) in [6.45, 7) is 3.48. The lowest BCUT2D eigenvalue weighted by atomic mass is 10.1. The molecule has 122 valence electrons.